The second kappa shape index (κ2) is 11.5. The van der Waals surface area contributed by atoms with E-state index in [4.69, 9.17) is 4.42 Å². The van der Waals surface area contributed by atoms with E-state index in [0.29, 0.717) is 19.6 Å². The van der Waals surface area contributed by atoms with Crippen molar-refractivity contribution in [3.8, 4) is 0 Å². The lowest BCUT2D eigenvalue weighted by molar-refractivity contribution is -0.142. The van der Waals surface area contributed by atoms with Crippen LogP contribution in [0, 0.1) is 12.8 Å². The Kier molecular flexibility index (Phi) is 8.21. The number of hydrogen-bond donors (Lipinski definition) is 0. The Morgan fingerprint density at radius 2 is 1.73 bits per heavy atom. The molecule has 1 aliphatic carbocycles. The number of likely N-dealkylation sites (tertiary alicyclic amines) is 1. The highest BCUT2D eigenvalue weighted by atomic mass is 16.3. The Balaban J connectivity index is 1.41. The van der Waals surface area contributed by atoms with E-state index in [-0.39, 0.29) is 24.3 Å². The Labute approximate surface area is 197 Å². The fraction of sp³-hybridized carbons (Fsp3) is 0.556. The predicted octanol–water partition coefficient (Wildman–Crippen LogP) is 3.88. The second-order valence-electron chi connectivity index (χ2n) is 9.50. The zero-order chi connectivity index (χ0) is 23.0. The highest BCUT2D eigenvalue weighted by Crippen LogP contribution is 2.31. The zero-order valence-corrected chi connectivity index (χ0v) is 19.9. The van der Waals surface area contributed by atoms with Crippen LogP contribution in [0.2, 0.25) is 0 Å². The highest BCUT2D eigenvalue weighted by molar-refractivity contribution is 5.87. The first-order chi connectivity index (χ1) is 16.1. The van der Waals surface area contributed by atoms with Crippen molar-refractivity contribution >= 4 is 11.8 Å². The molecular formula is C27H37N3O3. The third-order valence-corrected chi connectivity index (χ3v) is 6.71. The van der Waals surface area contributed by atoms with Gasteiger partial charge >= 0.3 is 0 Å². The number of hydrogen-bond acceptors (Lipinski definition) is 4. The van der Waals surface area contributed by atoms with Gasteiger partial charge in [-0.15, -0.1) is 0 Å². The standard InChI is InChI=1S/C27H37N3O3/c1-22-10-13-25(33-22)20-29(17-14-23-8-4-2-5-9-23)26(31)21-30(27(32)24-11-12-24)19-18-28-15-6-3-7-16-28/h2,4-5,8-10,13,24H,3,6-7,11-12,14-21H2,1H3. The fourth-order valence-electron chi connectivity index (χ4n) is 4.52. The Hall–Kier alpha value is -2.60. The van der Waals surface area contributed by atoms with E-state index in [2.05, 4.69) is 17.0 Å². The van der Waals surface area contributed by atoms with Crippen LogP contribution in [0.25, 0.3) is 0 Å². The number of nitrogens with zero attached hydrogens (tertiary/aromatic N) is 3. The molecule has 0 atom stereocenters. The SMILES string of the molecule is Cc1ccc(CN(CCc2ccccc2)C(=O)CN(CCN2CCCCC2)C(=O)C2CC2)o1. The van der Waals surface area contributed by atoms with Crippen LogP contribution in [0.15, 0.2) is 46.9 Å². The lowest BCUT2D eigenvalue weighted by atomic mass is 10.1. The molecule has 1 saturated carbocycles. The van der Waals surface area contributed by atoms with Gasteiger partial charge in [-0.1, -0.05) is 36.8 Å². The molecule has 0 radical (unpaired) electrons. The number of piperidine rings is 1. The molecule has 0 unspecified atom stereocenters. The first-order valence-electron chi connectivity index (χ1n) is 12.5. The summed E-state index contributed by atoms with van der Waals surface area (Å²) in [4.78, 5) is 32.6. The van der Waals surface area contributed by atoms with Gasteiger partial charge in [-0.2, -0.15) is 0 Å². The maximum Gasteiger partial charge on any atom is 0.242 e. The molecular weight excluding hydrogens is 414 g/mol. The smallest absolute Gasteiger partial charge is 0.242 e. The van der Waals surface area contributed by atoms with Gasteiger partial charge < -0.3 is 19.1 Å². The molecule has 1 aromatic heterocycles. The average molecular weight is 452 g/mol. The minimum absolute atomic E-state index is 0.00683. The van der Waals surface area contributed by atoms with Crippen molar-refractivity contribution < 1.29 is 14.0 Å². The van der Waals surface area contributed by atoms with E-state index in [1.165, 1.54) is 24.8 Å². The maximum absolute atomic E-state index is 13.5. The summed E-state index contributed by atoms with van der Waals surface area (Å²) in [7, 11) is 0. The zero-order valence-electron chi connectivity index (χ0n) is 19.9. The molecule has 0 bridgehead atoms. The van der Waals surface area contributed by atoms with Gasteiger partial charge in [-0.05, 0) is 69.8 Å². The summed E-state index contributed by atoms with van der Waals surface area (Å²) in [5, 5.41) is 0. The summed E-state index contributed by atoms with van der Waals surface area (Å²) in [6.07, 6.45) is 6.43. The van der Waals surface area contributed by atoms with Crippen molar-refractivity contribution in [2.24, 2.45) is 5.92 Å². The van der Waals surface area contributed by atoms with E-state index < -0.39 is 0 Å². The molecule has 1 saturated heterocycles. The summed E-state index contributed by atoms with van der Waals surface area (Å²) < 4.78 is 5.76. The van der Waals surface area contributed by atoms with Crippen molar-refractivity contribution in [3.63, 3.8) is 0 Å². The Bertz CT molecular complexity index is 900. The molecule has 6 nitrogen and oxygen atoms in total. The summed E-state index contributed by atoms with van der Waals surface area (Å²) in [6.45, 7) is 6.77. The van der Waals surface area contributed by atoms with Crippen LogP contribution in [0.4, 0.5) is 0 Å². The van der Waals surface area contributed by atoms with Gasteiger partial charge in [-0.25, -0.2) is 0 Å². The lowest BCUT2D eigenvalue weighted by Crippen LogP contribution is -2.47. The normalized spacial score (nSPS) is 16.5. The highest BCUT2D eigenvalue weighted by Gasteiger charge is 2.35. The quantitative estimate of drug-likeness (QED) is 0.520. The van der Waals surface area contributed by atoms with Crippen molar-refractivity contribution in [1.82, 2.24) is 14.7 Å². The van der Waals surface area contributed by atoms with Gasteiger partial charge in [-0.3, -0.25) is 9.59 Å². The molecule has 2 amide bonds. The van der Waals surface area contributed by atoms with E-state index >= 15 is 0 Å². The van der Waals surface area contributed by atoms with Crippen molar-refractivity contribution in [2.75, 3.05) is 39.3 Å². The van der Waals surface area contributed by atoms with Gasteiger partial charge in [0.05, 0.1) is 13.1 Å². The molecule has 178 valence electrons. The molecule has 2 fully saturated rings. The van der Waals surface area contributed by atoms with Crippen LogP contribution in [-0.4, -0.2) is 65.8 Å². The minimum atomic E-state index is -0.00683. The molecule has 1 aliphatic heterocycles. The Morgan fingerprint density at radius 3 is 2.39 bits per heavy atom. The van der Waals surface area contributed by atoms with Gasteiger partial charge in [0.2, 0.25) is 11.8 Å². The van der Waals surface area contributed by atoms with Crippen LogP contribution < -0.4 is 0 Å². The van der Waals surface area contributed by atoms with Gasteiger partial charge in [0.15, 0.2) is 0 Å². The first kappa shape index (κ1) is 23.6. The van der Waals surface area contributed by atoms with Crippen LogP contribution >= 0.6 is 0 Å². The fourth-order valence-corrected chi connectivity index (χ4v) is 4.52. The maximum atomic E-state index is 13.5. The first-order valence-corrected chi connectivity index (χ1v) is 12.5. The number of benzene rings is 1. The topological polar surface area (TPSA) is 57.0 Å². The van der Waals surface area contributed by atoms with Gasteiger partial charge in [0.25, 0.3) is 0 Å². The molecule has 2 aromatic rings. The molecule has 4 rings (SSSR count). The summed E-state index contributed by atoms with van der Waals surface area (Å²) in [5.74, 6) is 1.88. The predicted molar refractivity (Wildman–Crippen MR) is 129 cm³/mol. The van der Waals surface area contributed by atoms with Crippen LogP contribution in [0.3, 0.4) is 0 Å². The average Bonchev–Trinajstić information content (AvgIpc) is 3.61. The van der Waals surface area contributed by atoms with Crippen LogP contribution in [0.5, 0.6) is 0 Å². The van der Waals surface area contributed by atoms with Gasteiger partial charge in [0.1, 0.15) is 11.5 Å². The number of rotatable bonds is 11. The molecule has 2 aliphatic rings. The number of furan rings is 1. The van der Waals surface area contributed by atoms with E-state index in [1.54, 1.807) is 0 Å². The second-order valence-corrected chi connectivity index (χ2v) is 9.50. The molecule has 2 heterocycles. The van der Waals surface area contributed by atoms with Gasteiger partial charge in [0, 0.05) is 25.6 Å². The van der Waals surface area contributed by atoms with Crippen molar-refractivity contribution in [2.45, 2.75) is 52.0 Å². The molecule has 1 aromatic carbocycles. The number of carbonyl (C=O) groups excluding carboxylic acids is 2. The molecule has 6 heteroatoms. The number of carbonyl (C=O) groups is 2. The van der Waals surface area contributed by atoms with Crippen molar-refractivity contribution in [1.29, 1.82) is 0 Å². The molecule has 0 N–H and O–H groups in total. The van der Waals surface area contributed by atoms with Crippen molar-refractivity contribution in [3.05, 3.63) is 59.5 Å². The number of aryl methyl sites for hydroxylation is 1. The summed E-state index contributed by atoms with van der Waals surface area (Å²) >= 11 is 0. The largest absolute Gasteiger partial charge is 0.464 e. The molecule has 0 spiro atoms. The van der Waals surface area contributed by atoms with E-state index in [1.807, 2.05) is 47.1 Å². The lowest BCUT2D eigenvalue weighted by Gasteiger charge is -2.31. The number of amides is 2. The third-order valence-electron chi connectivity index (χ3n) is 6.71. The van der Waals surface area contributed by atoms with E-state index in [9.17, 15) is 9.59 Å². The third kappa shape index (κ3) is 7.19. The minimum Gasteiger partial charge on any atom is -0.464 e. The van der Waals surface area contributed by atoms with E-state index in [0.717, 1.165) is 50.4 Å². The summed E-state index contributed by atoms with van der Waals surface area (Å²) in [5.41, 5.74) is 1.20. The monoisotopic (exact) mass is 451 g/mol. The van der Waals surface area contributed by atoms with Crippen LogP contribution in [0.1, 0.15) is 49.2 Å². The Morgan fingerprint density at radius 1 is 0.970 bits per heavy atom. The summed E-state index contributed by atoms with van der Waals surface area (Å²) in [6, 6.07) is 14.1. The molecule has 33 heavy (non-hydrogen) atoms. The van der Waals surface area contributed by atoms with Crippen LogP contribution in [-0.2, 0) is 22.6 Å².